The second-order valence-electron chi connectivity index (χ2n) is 3.68. The van der Waals surface area contributed by atoms with Gasteiger partial charge >= 0.3 is 11.6 Å². The Morgan fingerprint density at radius 3 is 2.55 bits per heavy atom. The number of methoxy groups -OCH3 is 1. The van der Waals surface area contributed by atoms with Crippen LogP contribution in [-0.4, -0.2) is 22.0 Å². The number of nitrogens with zero attached hydrogens (tertiary/aromatic N) is 3. The second kappa shape index (κ2) is 5.70. The molecule has 0 saturated carbocycles. The average molecular weight is 340 g/mol. The minimum Gasteiger partial charge on any atom is -0.476 e. The van der Waals surface area contributed by atoms with Gasteiger partial charge in [-0.2, -0.15) is 9.97 Å². The predicted molar refractivity (Wildman–Crippen MR) is 77.1 cm³/mol. The number of nitrogen functional groups attached to an aromatic ring is 1. The molecule has 0 aliphatic heterocycles. The number of nitrogens with one attached hydrogen (secondary N) is 1. The molecule has 0 fully saturated rings. The third-order valence-corrected chi connectivity index (χ3v) is 2.88. The number of hydrogen-bond donors (Lipinski definition) is 2. The summed E-state index contributed by atoms with van der Waals surface area (Å²) in [5, 5.41) is 13.7. The van der Waals surface area contributed by atoms with Crippen molar-refractivity contribution in [1.82, 2.24) is 9.97 Å². The lowest BCUT2D eigenvalue weighted by atomic mass is 10.3. The standard InChI is InChI=1S/C11H10BrN5O3/c1-20-10-8(17(18)19)9(13)15-11(16-10)14-7-4-2-6(12)3-5-7/h2-5H,1H3,(H3,13,14,15,16). The van der Waals surface area contributed by atoms with Crippen LogP contribution in [0.3, 0.4) is 0 Å². The minimum atomic E-state index is -0.683. The molecule has 0 bridgehead atoms. The number of halogens is 1. The molecule has 1 heterocycles. The SMILES string of the molecule is COc1nc(Nc2ccc(Br)cc2)nc(N)c1[N+](=O)[O-]. The quantitative estimate of drug-likeness (QED) is 0.649. The highest BCUT2D eigenvalue weighted by Gasteiger charge is 2.23. The first kappa shape index (κ1) is 14.0. The third kappa shape index (κ3) is 2.94. The summed E-state index contributed by atoms with van der Waals surface area (Å²) in [6, 6.07) is 7.23. The first-order chi connectivity index (χ1) is 9.51. The molecule has 8 nitrogen and oxygen atoms in total. The van der Waals surface area contributed by atoms with Crippen molar-refractivity contribution < 1.29 is 9.66 Å². The molecule has 0 radical (unpaired) electrons. The largest absolute Gasteiger partial charge is 0.476 e. The number of rotatable bonds is 4. The van der Waals surface area contributed by atoms with Gasteiger partial charge in [-0.05, 0) is 24.3 Å². The van der Waals surface area contributed by atoms with E-state index in [1.165, 1.54) is 7.11 Å². The first-order valence-electron chi connectivity index (χ1n) is 5.39. The third-order valence-electron chi connectivity index (χ3n) is 2.36. The normalized spacial score (nSPS) is 10.1. The summed E-state index contributed by atoms with van der Waals surface area (Å²) in [6.45, 7) is 0. The molecule has 1 aromatic heterocycles. The van der Waals surface area contributed by atoms with Gasteiger partial charge in [0.2, 0.25) is 11.8 Å². The smallest absolute Gasteiger partial charge is 0.372 e. The van der Waals surface area contributed by atoms with Crippen molar-refractivity contribution in [3.8, 4) is 5.88 Å². The topological polar surface area (TPSA) is 116 Å². The molecule has 0 unspecified atom stereocenters. The Morgan fingerprint density at radius 2 is 2.00 bits per heavy atom. The Balaban J connectivity index is 2.36. The number of nitrogens with two attached hydrogens (primary N) is 1. The molecule has 9 heteroatoms. The van der Waals surface area contributed by atoms with Gasteiger partial charge in [-0.25, -0.2) is 0 Å². The number of anilines is 3. The monoisotopic (exact) mass is 339 g/mol. The van der Waals surface area contributed by atoms with E-state index >= 15 is 0 Å². The molecule has 104 valence electrons. The zero-order chi connectivity index (χ0) is 14.7. The fraction of sp³-hybridized carbons (Fsp3) is 0.0909. The van der Waals surface area contributed by atoms with E-state index in [0.717, 1.165) is 4.47 Å². The van der Waals surface area contributed by atoms with Crippen LogP contribution in [0.15, 0.2) is 28.7 Å². The van der Waals surface area contributed by atoms with Crippen LogP contribution in [0, 0.1) is 10.1 Å². The lowest BCUT2D eigenvalue weighted by Crippen LogP contribution is -2.07. The number of benzene rings is 1. The van der Waals surface area contributed by atoms with Crippen molar-refractivity contribution >= 4 is 39.1 Å². The van der Waals surface area contributed by atoms with E-state index in [2.05, 4.69) is 31.2 Å². The maximum atomic E-state index is 10.8. The van der Waals surface area contributed by atoms with Gasteiger partial charge in [0, 0.05) is 10.2 Å². The van der Waals surface area contributed by atoms with Crippen molar-refractivity contribution in [2.75, 3.05) is 18.2 Å². The van der Waals surface area contributed by atoms with Crippen LogP contribution in [0.1, 0.15) is 0 Å². The summed E-state index contributed by atoms with van der Waals surface area (Å²) in [5.74, 6) is -0.337. The van der Waals surface area contributed by atoms with Crippen molar-refractivity contribution in [2.45, 2.75) is 0 Å². The maximum Gasteiger partial charge on any atom is 0.372 e. The average Bonchev–Trinajstić information content (AvgIpc) is 2.40. The van der Waals surface area contributed by atoms with Crippen molar-refractivity contribution in [2.24, 2.45) is 0 Å². The molecule has 0 saturated heterocycles. The van der Waals surface area contributed by atoms with E-state index in [0.29, 0.717) is 5.69 Å². The van der Waals surface area contributed by atoms with Gasteiger partial charge in [-0.1, -0.05) is 15.9 Å². The number of nitro groups is 1. The summed E-state index contributed by atoms with van der Waals surface area (Å²) in [5.41, 5.74) is 5.82. The fourth-order valence-electron chi connectivity index (χ4n) is 1.48. The summed E-state index contributed by atoms with van der Waals surface area (Å²) in [7, 11) is 1.28. The molecule has 3 N–H and O–H groups in total. The lowest BCUT2D eigenvalue weighted by molar-refractivity contribution is -0.385. The van der Waals surface area contributed by atoms with Gasteiger partial charge in [0.05, 0.1) is 12.0 Å². The number of ether oxygens (including phenoxy) is 1. The van der Waals surface area contributed by atoms with Crippen LogP contribution < -0.4 is 15.8 Å². The molecule has 2 aromatic rings. The van der Waals surface area contributed by atoms with E-state index in [9.17, 15) is 10.1 Å². The van der Waals surface area contributed by atoms with Gasteiger partial charge in [0.15, 0.2) is 0 Å². The van der Waals surface area contributed by atoms with E-state index < -0.39 is 10.6 Å². The molecule has 0 aliphatic carbocycles. The highest BCUT2D eigenvalue weighted by molar-refractivity contribution is 9.10. The second-order valence-corrected chi connectivity index (χ2v) is 4.60. The van der Waals surface area contributed by atoms with E-state index in [-0.39, 0.29) is 17.6 Å². The Hall–Kier alpha value is -2.42. The molecule has 1 aromatic carbocycles. The molecule has 0 amide bonds. The van der Waals surface area contributed by atoms with Gasteiger partial charge < -0.3 is 15.8 Å². The first-order valence-corrected chi connectivity index (χ1v) is 6.19. The summed E-state index contributed by atoms with van der Waals surface area (Å²) in [6.07, 6.45) is 0. The van der Waals surface area contributed by atoms with Crippen molar-refractivity contribution in [3.63, 3.8) is 0 Å². The Kier molecular flexibility index (Phi) is 3.99. The van der Waals surface area contributed by atoms with Crippen molar-refractivity contribution in [1.29, 1.82) is 0 Å². The van der Waals surface area contributed by atoms with Gasteiger partial charge in [0.25, 0.3) is 0 Å². The van der Waals surface area contributed by atoms with Crippen LogP contribution in [-0.2, 0) is 0 Å². The van der Waals surface area contributed by atoms with Crippen LogP contribution in [0.25, 0.3) is 0 Å². The minimum absolute atomic E-state index is 0.118. The van der Waals surface area contributed by atoms with Gasteiger partial charge in [-0.15, -0.1) is 0 Å². The molecule has 20 heavy (non-hydrogen) atoms. The Bertz CT molecular complexity index is 647. The van der Waals surface area contributed by atoms with E-state index in [1.54, 1.807) is 12.1 Å². The molecule has 2 rings (SSSR count). The van der Waals surface area contributed by atoms with Crippen LogP contribution in [0.5, 0.6) is 5.88 Å². The number of hydrogen-bond acceptors (Lipinski definition) is 7. The highest BCUT2D eigenvalue weighted by Crippen LogP contribution is 2.31. The van der Waals surface area contributed by atoms with Crippen LogP contribution >= 0.6 is 15.9 Å². The van der Waals surface area contributed by atoms with E-state index in [1.807, 2.05) is 12.1 Å². The van der Waals surface area contributed by atoms with Gasteiger partial charge in [0.1, 0.15) is 0 Å². The zero-order valence-corrected chi connectivity index (χ0v) is 11.9. The molecule has 0 atom stereocenters. The predicted octanol–water partition coefficient (Wildman–Crippen LogP) is 2.48. The Labute approximate surface area is 122 Å². The maximum absolute atomic E-state index is 10.8. The van der Waals surface area contributed by atoms with Gasteiger partial charge in [-0.3, -0.25) is 10.1 Å². The summed E-state index contributed by atoms with van der Waals surface area (Å²) in [4.78, 5) is 17.9. The van der Waals surface area contributed by atoms with Crippen LogP contribution in [0.4, 0.5) is 23.1 Å². The van der Waals surface area contributed by atoms with Crippen molar-refractivity contribution in [3.05, 3.63) is 38.9 Å². The van der Waals surface area contributed by atoms with Crippen LogP contribution in [0.2, 0.25) is 0 Å². The molecular formula is C11H10BrN5O3. The zero-order valence-electron chi connectivity index (χ0n) is 10.3. The lowest BCUT2D eigenvalue weighted by Gasteiger charge is -2.08. The highest BCUT2D eigenvalue weighted by atomic mass is 79.9. The fourth-order valence-corrected chi connectivity index (χ4v) is 1.75. The molecule has 0 aliphatic rings. The number of aromatic nitrogens is 2. The Morgan fingerprint density at radius 1 is 1.35 bits per heavy atom. The summed E-state index contributed by atoms with van der Waals surface area (Å²) >= 11 is 3.32. The van der Waals surface area contributed by atoms with E-state index in [4.69, 9.17) is 10.5 Å². The molecule has 0 spiro atoms. The summed E-state index contributed by atoms with van der Waals surface area (Å²) < 4.78 is 5.79. The molecular weight excluding hydrogens is 330 g/mol.